The van der Waals surface area contributed by atoms with E-state index in [4.69, 9.17) is 4.98 Å². The number of hydrogen-bond donors (Lipinski definition) is 1. The molecule has 0 radical (unpaired) electrons. The van der Waals surface area contributed by atoms with E-state index in [0.717, 1.165) is 42.0 Å². The molecule has 0 saturated carbocycles. The van der Waals surface area contributed by atoms with Crippen LogP contribution in [0.2, 0.25) is 0 Å². The van der Waals surface area contributed by atoms with Gasteiger partial charge in [-0.1, -0.05) is 36.4 Å². The number of nitrogens with one attached hydrogen (secondary N) is 1. The van der Waals surface area contributed by atoms with Crippen LogP contribution in [0.15, 0.2) is 67.1 Å². The van der Waals surface area contributed by atoms with Crippen molar-refractivity contribution in [3.05, 3.63) is 83.9 Å². The first-order valence-electron chi connectivity index (χ1n) is 11.5. The van der Waals surface area contributed by atoms with Crippen molar-refractivity contribution in [3.8, 4) is 0 Å². The Bertz CT molecular complexity index is 1160. The van der Waals surface area contributed by atoms with E-state index in [0.29, 0.717) is 12.5 Å². The Labute approximate surface area is 190 Å². The van der Waals surface area contributed by atoms with Crippen LogP contribution in [0.3, 0.4) is 0 Å². The number of anilines is 1. The van der Waals surface area contributed by atoms with Gasteiger partial charge >= 0.3 is 0 Å². The van der Waals surface area contributed by atoms with E-state index >= 15 is 0 Å². The highest BCUT2D eigenvalue weighted by Crippen LogP contribution is 2.28. The minimum atomic E-state index is 0.442. The second kappa shape index (κ2) is 9.53. The number of pyridine rings is 1. The van der Waals surface area contributed by atoms with Gasteiger partial charge in [0.05, 0.1) is 5.69 Å². The molecule has 1 N–H and O–H groups in total. The zero-order valence-electron chi connectivity index (χ0n) is 18.6. The van der Waals surface area contributed by atoms with Crippen molar-refractivity contribution in [3.63, 3.8) is 0 Å². The SMILES string of the molecule is Bc1cnn2c(NCc3cccnc3)cc(C3CCCN(CCc4ccccc4)C3)nc12. The number of rotatable bonds is 7. The fourth-order valence-corrected chi connectivity index (χ4v) is 4.55. The molecular weight excluding hydrogens is 395 g/mol. The highest BCUT2D eigenvalue weighted by Gasteiger charge is 2.24. The lowest BCUT2D eigenvalue weighted by Gasteiger charge is -2.32. The first kappa shape index (κ1) is 20.7. The molecule has 1 unspecified atom stereocenters. The molecule has 6 nitrogen and oxygen atoms in total. The summed E-state index contributed by atoms with van der Waals surface area (Å²) in [5, 5.41) is 8.12. The van der Waals surface area contributed by atoms with Crippen molar-refractivity contribution in [2.75, 3.05) is 25.0 Å². The summed E-state index contributed by atoms with van der Waals surface area (Å²) in [5.41, 5.74) is 5.77. The Morgan fingerprint density at radius 3 is 2.78 bits per heavy atom. The summed E-state index contributed by atoms with van der Waals surface area (Å²) in [5.74, 6) is 1.43. The molecular formula is C25H29BN6. The van der Waals surface area contributed by atoms with Crippen molar-refractivity contribution in [1.82, 2.24) is 24.5 Å². The van der Waals surface area contributed by atoms with Crippen LogP contribution in [-0.2, 0) is 13.0 Å². The number of hydrogen-bond acceptors (Lipinski definition) is 5. The lowest BCUT2D eigenvalue weighted by molar-refractivity contribution is 0.208. The van der Waals surface area contributed by atoms with Crippen LogP contribution in [-0.4, -0.2) is 52.0 Å². The molecule has 1 aliphatic rings. The second-order valence-electron chi connectivity index (χ2n) is 8.72. The van der Waals surface area contributed by atoms with Gasteiger partial charge in [-0.15, -0.1) is 0 Å². The molecule has 162 valence electrons. The van der Waals surface area contributed by atoms with Crippen molar-refractivity contribution in [2.24, 2.45) is 0 Å². The van der Waals surface area contributed by atoms with Crippen molar-refractivity contribution in [2.45, 2.75) is 31.7 Å². The van der Waals surface area contributed by atoms with Gasteiger partial charge in [-0.05, 0) is 48.5 Å². The number of aromatic nitrogens is 4. The highest BCUT2D eigenvalue weighted by molar-refractivity contribution is 6.36. The Morgan fingerprint density at radius 2 is 1.94 bits per heavy atom. The summed E-state index contributed by atoms with van der Waals surface area (Å²) < 4.78 is 1.92. The van der Waals surface area contributed by atoms with Gasteiger partial charge in [0.25, 0.3) is 0 Å². The molecule has 1 saturated heterocycles. The summed E-state index contributed by atoms with van der Waals surface area (Å²) in [7, 11) is 2.08. The number of fused-ring (bicyclic) bond motifs is 1. The van der Waals surface area contributed by atoms with Gasteiger partial charge in [-0.2, -0.15) is 9.61 Å². The molecule has 0 aliphatic carbocycles. The smallest absolute Gasteiger partial charge is 0.151 e. The summed E-state index contributed by atoms with van der Waals surface area (Å²) in [6, 6.07) is 17.0. The molecule has 1 aromatic carbocycles. The maximum atomic E-state index is 5.05. The minimum Gasteiger partial charge on any atom is -0.366 e. The maximum absolute atomic E-state index is 5.05. The molecule has 1 aliphatic heterocycles. The summed E-state index contributed by atoms with van der Waals surface area (Å²) in [6.07, 6.45) is 9.08. The molecule has 7 heteroatoms. The van der Waals surface area contributed by atoms with Gasteiger partial charge in [0.2, 0.25) is 0 Å². The normalized spacial score (nSPS) is 16.9. The number of benzene rings is 1. The van der Waals surface area contributed by atoms with Crippen LogP contribution >= 0.6 is 0 Å². The van der Waals surface area contributed by atoms with Gasteiger partial charge in [0, 0.05) is 50.2 Å². The van der Waals surface area contributed by atoms with Crippen LogP contribution in [0.1, 0.15) is 35.6 Å². The van der Waals surface area contributed by atoms with Crippen LogP contribution in [0.5, 0.6) is 0 Å². The molecule has 5 rings (SSSR count). The summed E-state index contributed by atoms with van der Waals surface area (Å²) in [6.45, 7) is 4.04. The van der Waals surface area contributed by atoms with Crippen LogP contribution < -0.4 is 10.8 Å². The monoisotopic (exact) mass is 424 g/mol. The molecule has 1 atom stereocenters. The van der Waals surface area contributed by atoms with E-state index in [1.54, 1.807) is 6.20 Å². The maximum Gasteiger partial charge on any atom is 0.151 e. The topological polar surface area (TPSA) is 58.4 Å². The lowest BCUT2D eigenvalue weighted by atomic mass is 9.93. The molecule has 0 bridgehead atoms. The number of piperidine rings is 1. The van der Waals surface area contributed by atoms with Gasteiger partial charge < -0.3 is 10.2 Å². The van der Waals surface area contributed by atoms with Gasteiger partial charge in [-0.25, -0.2) is 4.98 Å². The molecule has 1 fully saturated rings. The van der Waals surface area contributed by atoms with Crippen LogP contribution in [0.25, 0.3) is 5.65 Å². The molecule has 32 heavy (non-hydrogen) atoms. The molecule has 0 spiro atoms. The third-order valence-corrected chi connectivity index (χ3v) is 6.35. The standard InChI is InChI=1S/C25H29BN6/c26-22-17-29-32-24(28-16-20-8-4-11-27-15-20)14-23(30-25(22)32)21-9-5-12-31(18-21)13-10-19-6-2-1-3-7-19/h1-4,6-8,11,14-15,17,21,28H,5,9-10,12-13,16,18,26H2. The fraction of sp³-hybridized carbons (Fsp3) is 0.320. The zero-order valence-corrected chi connectivity index (χ0v) is 18.6. The van der Waals surface area contributed by atoms with E-state index in [1.165, 1.54) is 30.6 Å². The Morgan fingerprint density at radius 1 is 1.06 bits per heavy atom. The average Bonchev–Trinajstić information content (AvgIpc) is 3.23. The summed E-state index contributed by atoms with van der Waals surface area (Å²) >= 11 is 0. The second-order valence-corrected chi connectivity index (χ2v) is 8.72. The van der Waals surface area contributed by atoms with Gasteiger partial charge in [-0.3, -0.25) is 4.98 Å². The first-order chi connectivity index (χ1) is 15.8. The van der Waals surface area contributed by atoms with Crippen molar-refractivity contribution in [1.29, 1.82) is 0 Å². The minimum absolute atomic E-state index is 0.442. The van der Waals surface area contributed by atoms with Crippen LogP contribution in [0, 0.1) is 0 Å². The largest absolute Gasteiger partial charge is 0.366 e. The zero-order chi connectivity index (χ0) is 21.8. The van der Waals surface area contributed by atoms with E-state index in [-0.39, 0.29) is 0 Å². The Kier molecular flexibility index (Phi) is 6.16. The highest BCUT2D eigenvalue weighted by atomic mass is 15.3. The Balaban J connectivity index is 1.34. The van der Waals surface area contributed by atoms with Crippen molar-refractivity contribution < 1.29 is 0 Å². The molecule has 0 amide bonds. The van der Waals surface area contributed by atoms with E-state index in [1.807, 2.05) is 23.0 Å². The predicted molar refractivity (Wildman–Crippen MR) is 131 cm³/mol. The molecule has 3 aromatic heterocycles. The summed E-state index contributed by atoms with van der Waals surface area (Å²) in [4.78, 5) is 11.9. The van der Waals surface area contributed by atoms with Gasteiger partial charge in [0.15, 0.2) is 5.65 Å². The van der Waals surface area contributed by atoms with E-state index in [9.17, 15) is 0 Å². The van der Waals surface area contributed by atoms with Crippen molar-refractivity contribution >= 4 is 24.8 Å². The third-order valence-electron chi connectivity index (χ3n) is 6.35. The molecule has 4 aromatic rings. The number of nitrogens with zero attached hydrogens (tertiary/aromatic N) is 5. The third kappa shape index (κ3) is 4.68. The Hall–Kier alpha value is -3.19. The average molecular weight is 424 g/mol. The fourth-order valence-electron chi connectivity index (χ4n) is 4.55. The molecule has 4 heterocycles. The quantitative estimate of drug-likeness (QED) is 0.462. The predicted octanol–water partition coefficient (Wildman–Crippen LogP) is 2.42. The first-order valence-corrected chi connectivity index (χ1v) is 11.5. The van der Waals surface area contributed by atoms with Gasteiger partial charge in [0.1, 0.15) is 13.7 Å². The number of likely N-dealkylation sites (tertiary alicyclic amines) is 1. The van der Waals surface area contributed by atoms with E-state index in [2.05, 4.69) is 70.6 Å². The van der Waals surface area contributed by atoms with E-state index < -0.39 is 0 Å². The van der Waals surface area contributed by atoms with Crippen LogP contribution in [0.4, 0.5) is 5.82 Å². The lowest BCUT2D eigenvalue weighted by Crippen LogP contribution is -2.36.